The summed E-state index contributed by atoms with van der Waals surface area (Å²) in [6, 6.07) is 13.6. The molecule has 0 bridgehead atoms. The van der Waals surface area contributed by atoms with Crippen molar-refractivity contribution in [3.63, 3.8) is 0 Å². The van der Waals surface area contributed by atoms with Gasteiger partial charge in [0, 0.05) is 5.02 Å². The predicted molar refractivity (Wildman–Crippen MR) is 81.4 cm³/mol. The largest absolute Gasteiger partial charge is 0.483 e. The van der Waals surface area contributed by atoms with Gasteiger partial charge in [-0.2, -0.15) is 0 Å². The molecular formula is C15H9ClN2O2S. The van der Waals surface area contributed by atoms with Gasteiger partial charge in [-0.15, -0.1) is 0 Å². The fourth-order valence-electron chi connectivity index (χ4n) is 2.39. The van der Waals surface area contributed by atoms with Crippen LogP contribution in [-0.4, -0.2) is 9.72 Å². The van der Waals surface area contributed by atoms with Crippen molar-refractivity contribution in [3.05, 3.63) is 58.1 Å². The minimum absolute atomic E-state index is 0.322. The standard InChI is InChI=1S/C15H9ClN2O2S/c16-11-4-1-9(2-5-11)10-3-6-13-12(7-10)18-14(8-19-13)17-20-15(18)21/h1-7H,8H2. The molecule has 0 aliphatic carbocycles. The number of hydrogen-bond donors (Lipinski definition) is 0. The van der Waals surface area contributed by atoms with Crippen LogP contribution in [-0.2, 0) is 6.61 Å². The van der Waals surface area contributed by atoms with Gasteiger partial charge in [0.05, 0.1) is 5.69 Å². The summed E-state index contributed by atoms with van der Waals surface area (Å²) in [6.45, 7) is 0.355. The molecule has 4 nitrogen and oxygen atoms in total. The maximum absolute atomic E-state index is 5.93. The zero-order valence-electron chi connectivity index (χ0n) is 10.7. The number of nitrogens with zero attached hydrogens (tertiary/aromatic N) is 2. The molecule has 1 aliphatic heterocycles. The molecule has 4 rings (SSSR count). The maximum atomic E-state index is 5.93. The smallest absolute Gasteiger partial charge is 0.302 e. The van der Waals surface area contributed by atoms with Crippen molar-refractivity contribution >= 4 is 23.8 Å². The Balaban J connectivity index is 1.90. The van der Waals surface area contributed by atoms with E-state index in [1.165, 1.54) is 0 Å². The van der Waals surface area contributed by atoms with E-state index in [0.29, 0.717) is 22.3 Å². The maximum Gasteiger partial charge on any atom is 0.302 e. The zero-order chi connectivity index (χ0) is 14.4. The average molecular weight is 317 g/mol. The van der Waals surface area contributed by atoms with E-state index in [9.17, 15) is 0 Å². The number of rotatable bonds is 1. The highest BCUT2D eigenvalue weighted by Gasteiger charge is 2.21. The van der Waals surface area contributed by atoms with Gasteiger partial charge in [-0.05, 0) is 47.6 Å². The molecule has 0 N–H and O–H groups in total. The van der Waals surface area contributed by atoms with Crippen LogP contribution >= 0.6 is 23.8 Å². The Kier molecular flexibility index (Phi) is 2.83. The third-order valence-electron chi connectivity index (χ3n) is 3.40. The highest BCUT2D eigenvalue weighted by Crippen LogP contribution is 2.34. The number of aromatic nitrogens is 2. The van der Waals surface area contributed by atoms with Gasteiger partial charge in [-0.3, -0.25) is 0 Å². The fraction of sp³-hybridized carbons (Fsp3) is 0.0667. The minimum atomic E-state index is 0.322. The van der Waals surface area contributed by atoms with E-state index in [1.54, 1.807) is 4.57 Å². The van der Waals surface area contributed by atoms with Crippen molar-refractivity contribution in [1.29, 1.82) is 0 Å². The SMILES string of the molecule is S=c1onc2n1-c1cc(-c3ccc(Cl)cc3)ccc1OC2. The van der Waals surface area contributed by atoms with Crippen LogP contribution < -0.4 is 4.74 Å². The summed E-state index contributed by atoms with van der Waals surface area (Å²) in [5, 5.41) is 4.62. The molecule has 0 radical (unpaired) electrons. The number of benzene rings is 2. The summed E-state index contributed by atoms with van der Waals surface area (Å²) < 4.78 is 12.5. The highest BCUT2D eigenvalue weighted by molar-refractivity contribution is 7.71. The van der Waals surface area contributed by atoms with Crippen molar-refractivity contribution in [2.24, 2.45) is 0 Å². The molecule has 104 valence electrons. The van der Waals surface area contributed by atoms with Crippen molar-refractivity contribution < 1.29 is 9.26 Å². The lowest BCUT2D eigenvalue weighted by atomic mass is 10.0. The third-order valence-corrected chi connectivity index (χ3v) is 3.91. The molecule has 0 atom stereocenters. The highest BCUT2D eigenvalue weighted by atomic mass is 35.5. The lowest BCUT2D eigenvalue weighted by Crippen LogP contribution is -2.13. The Morgan fingerprint density at radius 3 is 2.67 bits per heavy atom. The van der Waals surface area contributed by atoms with Crippen molar-refractivity contribution in [3.8, 4) is 22.6 Å². The van der Waals surface area contributed by atoms with Crippen molar-refractivity contribution in [1.82, 2.24) is 9.72 Å². The van der Waals surface area contributed by atoms with Crippen LogP contribution in [0.1, 0.15) is 5.82 Å². The first-order valence-electron chi connectivity index (χ1n) is 6.33. The normalized spacial score (nSPS) is 12.4. The molecule has 0 fully saturated rings. The number of halogens is 1. The summed E-state index contributed by atoms with van der Waals surface area (Å²) in [7, 11) is 0. The lowest BCUT2D eigenvalue weighted by molar-refractivity contribution is 0.274. The summed E-state index contributed by atoms with van der Waals surface area (Å²) in [5.74, 6) is 1.43. The van der Waals surface area contributed by atoms with Crippen LogP contribution in [0.3, 0.4) is 0 Å². The third kappa shape index (κ3) is 2.05. The molecule has 0 amide bonds. The summed E-state index contributed by atoms with van der Waals surface area (Å²) in [4.78, 5) is 0.322. The average Bonchev–Trinajstić information content (AvgIpc) is 2.89. The van der Waals surface area contributed by atoms with Gasteiger partial charge < -0.3 is 9.26 Å². The Hall–Kier alpha value is -2.11. The van der Waals surface area contributed by atoms with Crippen LogP contribution in [0.15, 0.2) is 47.0 Å². The van der Waals surface area contributed by atoms with Gasteiger partial charge in [0.1, 0.15) is 5.75 Å². The first kappa shape index (κ1) is 12.6. The fourth-order valence-corrected chi connectivity index (χ4v) is 2.75. The monoisotopic (exact) mass is 316 g/mol. The molecule has 0 unspecified atom stereocenters. The lowest BCUT2D eigenvalue weighted by Gasteiger charge is -2.18. The van der Waals surface area contributed by atoms with Gasteiger partial charge >= 0.3 is 4.84 Å². The van der Waals surface area contributed by atoms with Crippen LogP contribution in [0.4, 0.5) is 0 Å². The Bertz CT molecular complexity index is 883. The first-order chi connectivity index (χ1) is 10.2. The molecule has 1 aliphatic rings. The van der Waals surface area contributed by atoms with E-state index in [2.05, 4.69) is 5.16 Å². The minimum Gasteiger partial charge on any atom is -0.483 e. The molecule has 1 aromatic heterocycles. The number of hydrogen-bond acceptors (Lipinski definition) is 4. The predicted octanol–water partition coefficient (Wildman–Crippen LogP) is 4.41. The zero-order valence-corrected chi connectivity index (χ0v) is 12.3. The van der Waals surface area contributed by atoms with Gasteiger partial charge in [0.2, 0.25) is 0 Å². The molecular weight excluding hydrogens is 308 g/mol. The van der Waals surface area contributed by atoms with Crippen molar-refractivity contribution in [2.45, 2.75) is 6.61 Å². The van der Waals surface area contributed by atoms with Crippen LogP contribution in [0.25, 0.3) is 16.8 Å². The van der Waals surface area contributed by atoms with Crippen LogP contribution in [0.5, 0.6) is 5.75 Å². The van der Waals surface area contributed by atoms with E-state index < -0.39 is 0 Å². The molecule has 0 spiro atoms. The van der Waals surface area contributed by atoms with Crippen LogP contribution in [0.2, 0.25) is 5.02 Å². The van der Waals surface area contributed by atoms with E-state index in [1.807, 2.05) is 42.5 Å². The summed E-state index contributed by atoms with van der Waals surface area (Å²) in [6.07, 6.45) is 0. The van der Waals surface area contributed by atoms with Gasteiger partial charge in [0.15, 0.2) is 12.4 Å². The molecule has 3 aromatic rings. The van der Waals surface area contributed by atoms with E-state index >= 15 is 0 Å². The first-order valence-corrected chi connectivity index (χ1v) is 7.12. The Morgan fingerprint density at radius 2 is 1.86 bits per heavy atom. The summed E-state index contributed by atoms with van der Waals surface area (Å²) in [5.41, 5.74) is 2.96. The van der Waals surface area contributed by atoms with E-state index in [-0.39, 0.29) is 0 Å². The topological polar surface area (TPSA) is 40.2 Å². The number of fused-ring (bicyclic) bond motifs is 3. The second kappa shape index (κ2) is 4.72. The summed E-state index contributed by atoms with van der Waals surface area (Å²) >= 11 is 11.1. The molecule has 21 heavy (non-hydrogen) atoms. The molecule has 2 aromatic carbocycles. The Labute approximate surface area is 130 Å². The van der Waals surface area contributed by atoms with E-state index in [4.69, 9.17) is 33.1 Å². The van der Waals surface area contributed by atoms with Crippen LogP contribution in [0, 0.1) is 4.84 Å². The van der Waals surface area contributed by atoms with Gasteiger partial charge in [-0.1, -0.05) is 35.0 Å². The Morgan fingerprint density at radius 1 is 1.10 bits per heavy atom. The molecule has 6 heteroatoms. The molecule has 0 saturated heterocycles. The van der Waals surface area contributed by atoms with E-state index in [0.717, 1.165) is 22.6 Å². The van der Waals surface area contributed by atoms with Gasteiger partial charge in [0.25, 0.3) is 0 Å². The van der Waals surface area contributed by atoms with Crippen molar-refractivity contribution in [2.75, 3.05) is 0 Å². The second-order valence-electron chi connectivity index (χ2n) is 4.68. The van der Waals surface area contributed by atoms with Gasteiger partial charge in [-0.25, -0.2) is 4.57 Å². The number of ether oxygens (including phenoxy) is 1. The quantitative estimate of drug-likeness (QED) is 0.624. The molecule has 0 saturated carbocycles. The molecule has 2 heterocycles. The second-order valence-corrected chi connectivity index (χ2v) is 5.46.